The molecule has 0 aliphatic carbocycles. The van der Waals surface area contributed by atoms with E-state index in [-0.39, 0.29) is 4.90 Å². The maximum Gasteiger partial charge on any atom is 0.340 e. The summed E-state index contributed by atoms with van der Waals surface area (Å²) in [5.74, 6) is -1.17. The van der Waals surface area contributed by atoms with Crippen molar-refractivity contribution in [3.63, 3.8) is 0 Å². The van der Waals surface area contributed by atoms with Gasteiger partial charge < -0.3 is 10.0 Å². The van der Waals surface area contributed by atoms with Crippen LogP contribution in [0.25, 0.3) is 6.08 Å². The second kappa shape index (κ2) is 5.68. The number of aliphatic carboxylic acids is 1. The Hall–Kier alpha value is -2.71. The first-order chi connectivity index (χ1) is 11.6. The summed E-state index contributed by atoms with van der Waals surface area (Å²) in [7, 11) is -0.625. The predicted molar refractivity (Wildman–Crippen MR) is 91.6 cm³/mol. The fourth-order valence-corrected chi connectivity index (χ4v) is 3.27. The van der Waals surface area contributed by atoms with Gasteiger partial charge in [0.05, 0.1) is 10.3 Å². The molecule has 0 saturated carbocycles. The first-order valence-corrected chi connectivity index (χ1v) is 8.79. The molecule has 2 aromatic carbocycles. The van der Waals surface area contributed by atoms with Crippen LogP contribution in [0, 0.1) is 0 Å². The summed E-state index contributed by atoms with van der Waals surface area (Å²) in [6.07, 6.45) is 1.39. The van der Waals surface area contributed by atoms with Gasteiger partial charge in [0, 0.05) is 25.0 Å². The molecule has 3 rings (SSSR count). The van der Waals surface area contributed by atoms with Gasteiger partial charge in [0.25, 0.3) is 10.1 Å². The van der Waals surface area contributed by atoms with E-state index in [1.807, 2.05) is 19.0 Å². The minimum atomic E-state index is -4.38. The number of hydrogen-bond donors (Lipinski definition) is 2. The molecule has 2 aromatic rings. The summed E-state index contributed by atoms with van der Waals surface area (Å²) in [6.45, 7) is 0. The Morgan fingerprint density at radius 2 is 1.76 bits per heavy atom. The molecule has 0 aromatic heterocycles. The molecule has 1 heterocycles. The number of rotatable bonds is 4. The van der Waals surface area contributed by atoms with Gasteiger partial charge in [-0.25, -0.2) is 4.79 Å². The Morgan fingerprint density at radius 1 is 1.12 bits per heavy atom. The molecule has 0 amide bonds. The molecule has 25 heavy (non-hydrogen) atoms. The molecule has 130 valence electrons. The SMILES string of the molecule is CN(C)c1ccc(C2(C(=O)O)C=c3cc(S(=O)(=O)O)ccc3=N2)cc1. The van der Waals surface area contributed by atoms with E-state index >= 15 is 0 Å². The van der Waals surface area contributed by atoms with Crippen molar-refractivity contribution in [2.24, 2.45) is 4.99 Å². The first kappa shape index (κ1) is 17.1. The first-order valence-electron chi connectivity index (χ1n) is 7.35. The quantitative estimate of drug-likeness (QED) is 0.764. The van der Waals surface area contributed by atoms with Gasteiger partial charge in [0.2, 0.25) is 5.54 Å². The number of carbonyl (C=O) groups is 1. The van der Waals surface area contributed by atoms with E-state index in [4.69, 9.17) is 4.55 Å². The highest BCUT2D eigenvalue weighted by atomic mass is 32.2. The largest absolute Gasteiger partial charge is 0.479 e. The molecular weight excluding hydrogens is 344 g/mol. The predicted octanol–water partition coefficient (Wildman–Crippen LogP) is 0.393. The zero-order chi connectivity index (χ0) is 18.4. The van der Waals surface area contributed by atoms with Crippen molar-refractivity contribution in [1.82, 2.24) is 0 Å². The van der Waals surface area contributed by atoms with Crippen molar-refractivity contribution in [1.29, 1.82) is 0 Å². The number of nitrogens with zero attached hydrogens (tertiary/aromatic N) is 2. The van der Waals surface area contributed by atoms with E-state index in [9.17, 15) is 18.3 Å². The van der Waals surface area contributed by atoms with Gasteiger partial charge in [-0.2, -0.15) is 8.42 Å². The van der Waals surface area contributed by atoms with Crippen LogP contribution in [0.3, 0.4) is 0 Å². The minimum absolute atomic E-state index is 0.304. The van der Waals surface area contributed by atoms with Crippen LogP contribution in [0.1, 0.15) is 5.56 Å². The molecule has 1 aliphatic rings. The van der Waals surface area contributed by atoms with Crippen LogP contribution >= 0.6 is 0 Å². The van der Waals surface area contributed by atoms with Gasteiger partial charge in [0.15, 0.2) is 0 Å². The molecule has 1 aliphatic heterocycles. The van der Waals surface area contributed by atoms with Crippen molar-refractivity contribution >= 4 is 27.9 Å². The highest BCUT2D eigenvalue weighted by Crippen LogP contribution is 2.31. The topological polar surface area (TPSA) is 107 Å². The number of carboxylic acids is 1. The van der Waals surface area contributed by atoms with Crippen molar-refractivity contribution < 1.29 is 22.9 Å². The molecule has 7 nitrogen and oxygen atoms in total. The Labute approximate surface area is 144 Å². The molecule has 0 bridgehead atoms. The lowest BCUT2D eigenvalue weighted by molar-refractivity contribution is -0.141. The van der Waals surface area contributed by atoms with Crippen LogP contribution in [-0.4, -0.2) is 38.1 Å². The van der Waals surface area contributed by atoms with Crippen LogP contribution in [0.5, 0.6) is 0 Å². The second-order valence-electron chi connectivity index (χ2n) is 5.96. The fourth-order valence-electron chi connectivity index (χ4n) is 2.75. The zero-order valence-electron chi connectivity index (χ0n) is 13.5. The number of benzene rings is 2. The van der Waals surface area contributed by atoms with Crippen LogP contribution < -0.4 is 15.5 Å². The van der Waals surface area contributed by atoms with Crippen molar-refractivity contribution in [3.8, 4) is 0 Å². The van der Waals surface area contributed by atoms with Crippen molar-refractivity contribution in [3.05, 3.63) is 58.6 Å². The van der Waals surface area contributed by atoms with Crippen molar-refractivity contribution in [2.75, 3.05) is 19.0 Å². The number of fused-ring (bicyclic) bond motifs is 1. The highest BCUT2D eigenvalue weighted by molar-refractivity contribution is 7.85. The van der Waals surface area contributed by atoms with E-state index in [2.05, 4.69) is 4.99 Å². The van der Waals surface area contributed by atoms with E-state index in [0.717, 1.165) is 5.69 Å². The van der Waals surface area contributed by atoms with Crippen LogP contribution in [0.15, 0.2) is 52.4 Å². The summed E-state index contributed by atoms with van der Waals surface area (Å²) in [5, 5.41) is 10.5. The standard InChI is InChI=1S/C17H16N2O5S/c1-19(2)13-5-3-12(4-6-13)17(16(20)21)10-11-9-14(25(22,23)24)7-8-15(11)18-17/h3-10H,1-2H3,(H,20,21)(H,22,23,24). The number of hydrogen-bond acceptors (Lipinski definition) is 5. The molecule has 0 spiro atoms. The summed E-state index contributed by atoms with van der Waals surface area (Å²) in [5.41, 5.74) is -0.269. The van der Waals surface area contributed by atoms with Gasteiger partial charge in [-0.15, -0.1) is 0 Å². The van der Waals surface area contributed by atoms with Gasteiger partial charge in [0.1, 0.15) is 0 Å². The van der Waals surface area contributed by atoms with Gasteiger partial charge >= 0.3 is 5.97 Å². The van der Waals surface area contributed by atoms with Gasteiger partial charge in [-0.1, -0.05) is 12.1 Å². The maximum absolute atomic E-state index is 12.0. The lowest BCUT2D eigenvalue weighted by atomic mass is 9.90. The van der Waals surface area contributed by atoms with E-state index in [0.29, 0.717) is 16.1 Å². The van der Waals surface area contributed by atoms with E-state index < -0.39 is 21.6 Å². The smallest absolute Gasteiger partial charge is 0.340 e. The Morgan fingerprint density at radius 3 is 2.28 bits per heavy atom. The molecule has 0 radical (unpaired) electrons. The average Bonchev–Trinajstić information content (AvgIpc) is 2.94. The molecule has 0 saturated heterocycles. The molecule has 8 heteroatoms. The Balaban J connectivity index is 2.20. The Bertz CT molecular complexity index is 1080. The third kappa shape index (κ3) is 2.90. The van der Waals surface area contributed by atoms with E-state index in [1.54, 1.807) is 24.3 Å². The summed E-state index contributed by atoms with van der Waals surface area (Å²) in [6, 6.07) is 10.7. The third-order valence-electron chi connectivity index (χ3n) is 4.11. The second-order valence-corrected chi connectivity index (χ2v) is 7.39. The lowest BCUT2D eigenvalue weighted by Gasteiger charge is -2.21. The van der Waals surface area contributed by atoms with Gasteiger partial charge in [-0.05, 0) is 42.0 Å². The monoisotopic (exact) mass is 360 g/mol. The number of carboxylic acid groups (broad SMARTS) is 1. The molecule has 2 N–H and O–H groups in total. The van der Waals surface area contributed by atoms with Crippen LogP contribution in [0.4, 0.5) is 5.69 Å². The fraction of sp³-hybridized carbons (Fsp3) is 0.176. The molecule has 1 unspecified atom stereocenters. The molecule has 0 fully saturated rings. The summed E-state index contributed by atoms with van der Waals surface area (Å²) >= 11 is 0. The molecular formula is C17H16N2O5S. The third-order valence-corrected chi connectivity index (χ3v) is 4.96. The maximum atomic E-state index is 12.0. The molecule has 1 atom stereocenters. The van der Waals surface area contributed by atoms with Crippen LogP contribution in [-0.2, 0) is 20.5 Å². The Kier molecular flexibility index (Phi) is 3.89. The lowest BCUT2D eigenvalue weighted by Crippen LogP contribution is -2.30. The van der Waals surface area contributed by atoms with Crippen LogP contribution in [0.2, 0.25) is 0 Å². The summed E-state index contributed by atoms with van der Waals surface area (Å²) in [4.78, 5) is 17.9. The van der Waals surface area contributed by atoms with Gasteiger partial charge in [-0.3, -0.25) is 9.55 Å². The zero-order valence-corrected chi connectivity index (χ0v) is 14.4. The minimum Gasteiger partial charge on any atom is -0.479 e. The number of anilines is 1. The average molecular weight is 360 g/mol. The summed E-state index contributed by atoms with van der Waals surface area (Å²) < 4.78 is 31.7. The highest BCUT2D eigenvalue weighted by Gasteiger charge is 2.40. The normalized spacial score (nSPS) is 18.8. The van der Waals surface area contributed by atoms with Crippen molar-refractivity contribution in [2.45, 2.75) is 10.4 Å². The van der Waals surface area contributed by atoms with E-state index in [1.165, 1.54) is 24.3 Å².